The lowest BCUT2D eigenvalue weighted by Gasteiger charge is -1.90. The smallest absolute Gasteiger partial charge is 0.348 e. The van der Waals surface area contributed by atoms with Crippen molar-refractivity contribution in [2.45, 2.75) is 0 Å². The summed E-state index contributed by atoms with van der Waals surface area (Å²) >= 11 is 4.34. The fourth-order valence-electron chi connectivity index (χ4n) is 0.664. The minimum absolute atomic E-state index is 0.422. The van der Waals surface area contributed by atoms with Crippen molar-refractivity contribution < 1.29 is 14.3 Å². The van der Waals surface area contributed by atoms with Gasteiger partial charge in [-0.2, -0.15) is 0 Å². The van der Waals surface area contributed by atoms with E-state index in [4.69, 9.17) is 0 Å². The van der Waals surface area contributed by atoms with Crippen molar-refractivity contribution in [2.24, 2.45) is 0 Å². The molecule has 1 aromatic heterocycles. The third-order valence-electron chi connectivity index (χ3n) is 1.23. The van der Waals surface area contributed by atoms with Gasteiger partial charge in [0.1, 0.15) is 4.88 Å². The van der Waals surface area contributed by atoms with Crippen LogP contribution in [0, 0.1) is 0 Å². The average molecular weight is 249 g/mol. The number of halogens is 1. The third-order valence-corrected chi connectivity index (χ3v) is 3.09. The van der Waals surface area contributed by atoms with Crippen molar-refractivity contribution in [2.75, 3.05) is 7.11 Å². The lowest BCUT2D eigenvalue weighted by molar-refractivity contribution is 0.0606. The van der Waals surface area contributed by atoms with Crippen LogP contribution in [0.1, 0.15) is 20.0 Å². The first-order valence-electron chi connectivity index (χ1n) is 3.02. The van der Waals surface area contributed by atoms with Gasteiger partial charge in [-0.15, -0.1) is 11.3 Å². The number of carbonyl (C=O) groups excluding carboxylic acids is 2. The summed E-state index contributed by atoms with van der Waals surface area (Å²) in [6.45, 7) is 0. The van der Waals surface area contributed by atoms with E-state index in [9.17, 15) is 9.59 Å². The molecule has 0 saturated heterocycles. The van der Waals surface area contributed by atoms with Gasteiger partial charge in [-0.05, 0) is 22.0 Å². The van der Waals surface area contributed by atoms with Crippen LogP contribution in [0.25, 0.3) is 0 Å². The van der Waals surface area contributed by atoms with E-state index in [1.54, 1.807) is 0 Å². The van der Waals surface area contributed by atoms with Crippen molar-refractivity contribution in [1.82, 2.24) is 0 Å². The summed E-state index contributed by atoms with van der Waals surface area (Å²) in [5, 5.41) is 0. The van der Waals surface area contributed by atoms with Crippen LogP contribution >= 0.6 is 27.3 Å². The SMILES string of the molecule is COC(=O)c1cc(C=O)c(Br)s1. The number of thiophene rings is 1. The van der Waals surface area contributed by atoms with Crippen molar-refractivity contribution in [3.63, 3.8) is 0 Å². The Kier molecular flexibility index (Phi) is 2.99. The molecule has 64 valence electrons. The maximum Gasteiger partial charge on any atom is 0.348 e. The molecule has 1 heterocycles. The Bertz CT molecular complexity index is 318. The monoisotopic (exact) mass is 248 g/mol. The second-order valence-electron chi connectivity index (χ2n) is 1.95. The summed E-state index contributed by atoms with van der Waals surface area (Å²) in [5.74, 6) is -0.422. The van der Waals surface area contributed by atoms with E-state index >= 15 is 0 Å². The minimum Gasteiger partial charge on any atom is -0.465 e. The van der Waals surface area contributed by atoms with Gasteiger partial charge in [0.15, 0.2) is 6.29 Å². The van der Waals surface area contributed by atoms with Crippen LogP contribution in [0.2, 0.25) is 0 Å². The first-order valence-corrected chi connectivity index (χ1v) is 4.62. The number of rotatable bonds is 2. The maximum atomic E-state index is 10.9. The topological polar surface area (TPSA) is 43.4 Å². The van der Waals surface area contributed by atoms with Gasteiger partial charge in [0.05, 0.1) is 10.9 Å². The summed E-state index contributed by atoms with van der Waals surface area (Å²) in [5.41, 5.74) is 0.473. The number of methoxy groups -OCH3 is 1. The summed E-state index contributed by atoms with van der Waals surface area (Å²) in [6, 6.07) is 1.49. The van der Waals surface area contributed by atoms with Gasteiger partial charge in [0.2, 0.25) is 0 Å². The second kappa shape index (κ2) is 3.82. The van der Waals surface area contributed by atoms with E-state index in [1.165, 1.54) is 24.5 Å². The zero-order valence-corrected chi connectivity index (χ0v) is 8.57. The Morgan fingerprint density at radius 2 is 2.42 bits per heavy atom. The molecule has 0 bridgehead atoms. The standard InChI is InChI=1S/C7H5BrO3S/c1-11-7(10)5-2-4(3-9)6(8)12-5/h2-3H,1H3. The van der Waals surface area contributed by atoms with E-state index in [0.717, 1.165) is 0 Å². The third kappa shape index (κ3) is 1.73. The van der Waals surface area contributed by atoms with E-state index in [1.807, 2.05) is 0 Å². The van der Waals surface area contributed by atoms with Gasteiger partial charge in [-0.25, -0.2) is 4.79 Å². The summed E-state index contributed by atoms with van der Waals surface area (Å²) in [4.78, 5) is 21.7. The number of esters is 1. The molecular weight excluding hydrogens is 244 g/mol. The van der Waals surface area contributed by atoms with Crippen molar-refractivity contribution in [3.05, 3.63) is 20.3 Å². The largest absolute Gasteiger partial charge is 0.465 e. The van der Waals surface area contributed by atoms with Crippen molar-refractivity contribution in [3.8, 4) is 0 Å². The fourth-order valence-corrected chi connectivity index (χ4v) is 2.17. The van der Waals surface area contributed by atoms with Crippen molar-refractivity contribution >= 4 is 39.5 Å². The van der Waals surface area contributed by atoms with E-state index < -0.39 is 5.97 Å². The zero-order valence-electron chi connectivity index (χ0n) is 6.17. The van der Waals surface area contributed by atoms with Gasteiger partial charge >= 0.3 is 5.97 Å². The number of hydrogen-bond acceptors (Lipinski definition) is 4. The number of carbonyl (C=O) groups is 2. The molecule has 0 unspecified atom stereocenters. The Balaban J connectivity index is 3.04. The molecule has 1 rings (SSSR count). The molecule has 0 aliphatic heterocycles. The maximum absolute atomic E-state index is 10.9. The molecule has 0 aromatic carbocycles. The first-order chi connectivity index (χ1) is 5.69. The Morgan fingerprint density at radius 3 is 2.83 bits per heavy atom. The molecule has 0 aliphatic carbocycles. The number of ether oxygens (including phenoxy) is 1. The molecule has 5 heteroatoms. The van der Waals surface area contributed by atoms with Crippen LogP contribution in [-0.2, 0) is 4.74 Å². The minimum atomic E-state index is -0.422. The Labute approximate surface area is 81.5 Å². The highest BCUT2D eigenvalue weighted by Gasteiger charge is 2.12. The number of aldehydes is 1. The van der Waals surface area contributed by atoms with Gasteiger partial charge in [0.25, 0.3) is 0 Å². The molecule has 0 fully saturated rings. The molecular formula is C7H5BrO3S. The molecule has 12 heavy (non-hydrogen) atoms. The normalized spacial score (nSPS) is 9.50. The average Bonchev–Trinajstić information content (AvgIpc) is 2.45. The summed E-state index contributed by atoms with van der Waals surface area (Å²) in [6.07, 6.45) is 0.688. The Hall–Kier alpha value is -0.680. The molecule has 0 N–H and O–H groups in total. The molecule has 0 aliphatic rings. The number of hydrogen-bond donors (Lipinski definition) is 0. The second-order valence-corrected chi connectivity index (χ2v) is 4.32. The first kappa shape index (κ1) is 9.41. The van der Waals surface area contributed by atoms with Crippen LogP contribution in [0.5, 0.6) is 0 Å². The summed E-state index contributed by atoms with van der Waals surface area (Å²) in [7, 11) is 1.30. The van der Waals surface area contributed by atoms with Gasteiger partial charge < -0.3 is 4.74 Å². The highest BCUT2D eigenvalue weighted by molar-refractivity contribution is 9.11. The molecule has 0 amide bonds. The molecule has 0 atom stereocenters. The van der Waals surface area contributed by atoms with Gasteiger partial charge in [-0.1, -0.05) is 0 Å². The van der Waals surface area contributed by atoms with Crippen LogP contribution in [-0.4, -0.2) is 19.4 Å². The quantitative estimate of drug-likeness (QED) is 0.595. The van der Waals surface area contributed by atoms with Crippen LogP contribution in [0.3, 0.4) is 0 Å². The molecule has 1 aromatic rings. The van der Waals surface area contributed by atoms with E-state index in [2.05, 4.69) is 20.7 Å². The lowest BCUT2D eigenvalue weighted by Crippen LogP contribution is -1.96. The molecule has 0 saturated carbocycles. The Morgan fingerprint density at radius 1 is 1.75 bits per heavy atom. The van der Waals surface area contributed by atoms with E-state index in [0.29, 0.717) is 20.5 Å². The lowest BCUT2D eigenvalue weighted by atomic mass is 10.3. The fraction of sp³-hybridized carbons (Fsp3) is 0.143. The molecule has 0 radical (unpaired) electrons. The molecule has 0 spiro atoms. The van der Waals surface area contributed by atoms with Crippen LogP contribution in [0.15, 0.2) is 9.85 Å². The van der Waals surface area contributed by atoms with Gasteiger partial charge in [0, 0.05) is 5.56 Å². The van der Waals surface area contributed by atoms with E-state index in [-0.39, 0.29) is 0 Å². The highest BCUT2D eigenvalue weighted by atomic mass is 79.9. The zero-order chi connectivity index (χ0) is 9.14. The van der Waals surface area contributed by atoms with Crippen LogP contribution < -0.4 is 0 Å². The molecule has 3 nitrogen and oxygen atoms in total. The van der Waals surface area contributed by atoms with Gasteiger partial charge in [-0.3, -0.25) is 4.79 Å². The van der Waals surface area contributed by atoms with Crippen LogP contribution in [0.4, 0.5) is 0 Å². The predicted octanol–water partition coefficient (Wildman–Crippen LogP) is 2.11. The van der Waals surface area contributed by atoms with Crippen molar-refractivity contribution in [1.29, 1.82) is 0 Å². The summed E-state index contributed by atoms with van der Waals surface area (Å²) < 4.78 is 5.13. The highest BCUT2D eigenvalue weighted by Crippen LogP contribution is 2.27. The predicted molar refractivity (Wildman–Crippen MR) is 48.7 cm³/mol.